The molecule has 0 aliphatic rings. The molecular formula is C14H22N2O4S. The smallest absolute Gasteiger partial charge is 0.269 e. The molecular weight excluding hydrogens is 292 g/mol. The normalized spacial score (nSPS) is 14.6. The number of non-ortho nitro benzene ring substituents is 1. The molecule has 0 heterocycles. The third kappa shape index (κ3) is 4.01. The minimum Gasteiger partial charge on any atom is -0.316 e. The highest BCUT2D eigenvalue weighted by atomic mass is 32.2. The largest absolute Gasteiger partial charge is 0.316 e. The van der Waals surface area contributed by atoms with Crippen molar-refractivity contribution in [2.75, 3.05) is 7.05 Å². The number of sulfone groups is 1. The summed E-state index contributed by atoms with van der Waals surface area (Å²) >= 11 is 0. The van der Waals surface area contributed by atoms with Crippen LogP contribution >= 0.6 is 0 Å². The predicted molar refractivity (Wildman–Crippen MR) is 82.1 cm³/mol. The van der Waals surface area contributed by atoms with Crippen molar-refractivity contribution in [3.63, 3.8) is 0 Å². The quantitative estimate of drug-likeness (QED) is 0.588. The van der Waals surface area contributed by atoms with Crippen molar-refractivity contribution in [2.45, 2.75) is 49.3 Å². The summed E-state index contributed by atoms with van der Waals surface area (Å²) in [5.41, 5.74) is -0.110. The lowest BCUT2D eigenvalue weighted by molar-refractivity contribution is -0.384. The third-order valence-electron chi connectivity index (χ3n) is 3.60. The molecule has 0 saturated carbocycles. The molecule has 0 spiro atoms. The minimum atomic E-state index is -3.51. The topological polar surface area (TPSA) is 89.3 Å². The Hall–Kier alpha value is -1.47. The van der Waals surface area contributed by atoms with E-state index in [0.29, 0.717) is 6.42 Å². The van der Waals surface area contributed by atoms with Gasteiger partial charge in [0.05, 0.1) is 15.1 Å². The van der Waals surface area contributed by atoms with Gasteiger partial charge in [0.2, 0.25) is 0 Å². The fraction of sp³-hybridized carbons (Fsp3) is 0.571. The first-order valence-corrected chi connectivity index (χ1v) is 8.58. The Morgan fingerprint density at radius 1 is 1.24 bits per heavy atom. The van der Waals surface area contributed by atoms with E-state index in [1.807, 2.05) is 13.8 Å². The zero-order valence-corrected chi connectivity index (χ0v) is 13.4. The Morgan fingerprint density at radius 3 is 2.19 bits per heavy atom. The van der Waals surface area contributed by atoms with Gasteiger partial charge in [-0.25, -0.2) is 8.42 Å². The van der Waals surface area contributed by atoms with Gasteiger partial charge in [-0.1, -0.05) is 20.3 Å². The Kier molecular flexibility index (Phi) is 6.29. The van der Waals surface area contributed by atoms with Crippen molar-refractivity contribution < 1.29 is 13.3 Å². The van der Waals surface area contributed by atoms with Crippen LogP contribution in [0.3, 0.4) is 0 Å². The molecule has 0 aliphatic carbocycles. The molecule has 118 valence electrons. The van der Waals surface area contributed by atoms with E-state index in [-0.39, 0.29) is 16.6 Å². The van der Waals surface area contributed by atoms with E-state index in [4.69, 9.17) is 0 Å². The number of hydrogen-bond acceptors (Lipinski definition) is 5. The Labute approximate surface area is 125 Å². The molecule has 7 heteroatoms. The highest BCUT2D eigenvalue weighted by molar-refractivity contribution is 7.92. The molecule has 1 N–H and O–H groups in total. The average molecular weight is 314 g/mol. The fourth-order valence-corrected chi connectivity index (χ4v) is 4.49. The maximum absolute atomic E-state index is 12.7. The monoisotopic (exact) mass is 314 g/mol. The second-order valence-corrected chi connectivity index (χ2v) is 7.09. The number of rotatable bonds is 8. The number of nitrogens with zero attached hydrogens (tertiary/aromatic N) is 1. The Morgan fingerprint density at radius 2 is 1.81 bits per heavy atom. The molecule has 1 aromatic carbocycles. The minimum absolute atomic E-state index is 0.110. The van der Waals surface area contributed by atoms with Gasteiger partial charge in [0.15, 0.2) is 9.84 Å². The van der Waals surface area contributed by atoms with Gasteiger partial charge in [-0.15, -0.1) is 0 Å². The predicted octanol–water partition coefficient (Wildman–Crippen LogP) is 2.54. The molecule has 0 saturated heterocycles. The molecule has 6 nitrogen and oxygen atoms in total. The molecule has 0 aliphatic heterocycles. The van der Waals surface area contributed by atoms with E-state index < -0.39 is 20.0 Å². The van der Waals surface area contributed by atoms with Gasteiger partial charge in [0.25, 0.3) is 5.69 Å². The SMILES string of the molecule is CCCC(NC)C(CC)S(=O)(=O)c1ccc([N+](=O)[O-])cc1. The van der Waals surface area contributed by atoms with Gasteiger partial charge in [0.1, 0.15) is 0 Å². The first-order chi connectivity index (χ1) is 9.88. The van der Waals surface area contributed by atoms with Crippen molar-refractivity contribution in [3.8, 4) is 0 Å². The summed E-state index contributed by atoms with van der Waals surface area (Å²) in [4.78, 5) is 10.2. The summed E-state index contributed by atoms with van der Waals surface area (Å²) < 4.78 is 25.4. The second kappa shape index (κ2) is 7.51. The number of nitro benzene ring substituents is 1. The molecule has 0 amide bonds. The molecule has 0 aromatic heterocycles. The van der Waals surface area contributed by atoms with Crippen LogP contribution in [0, 0.1) is 10.1 Å². The van der Waals surface area contributed by atoms with Gasteiger partial charge in [-0.2, -0.15) is 0 Å². The van der Waals surface area contributed by atoms with E-state index in [0.717, 1.165) is 12.8 Å². The third-order valence-corrected chi connectivity index (χ3v) is 5.98. The highest BCUT2D eigenvalue weighted by Crippen LogP contribution is 2.24. The summed E-state index contributed by atoms with van der Waals surface area (Å²) in [6.07, 6.45) is 2.14. The van der Waals surface area contributed by atoms with Gasteiger partial charge in [0, 0.05) is 18.2 Å². The van der Waals surface area contributed by atoms with Gasteiger partial charge >= 0.3 is 0 Å². The molecule has 0 radical (unpaired) electrons. The van der Waals surface area contributed by atoms with Gasteiger partial charge in [-0.3, -0.25) is 10.1 Å². The molecule has 0 fully saturated rings. The van der Waals surface area contributed by atoms with E-state index in [9.17, 15) is 18.5 Å². The van der Waals surface area contributed by atoms with Gasteiger partial charge in [-0.05, 0) is 32.0 Å². The zero-order valence-electron chi connectivity index (χ0n) is 12.6. The standard InChI is InChI=1S/C14H22N2O4S/c1-4-6-13(15-3)14(5-2)21(19,20)12-9-7-11(8-10-12)16(17)18/h7-10,13-15H,4-6H2,1-3H3. The van der Waals surface area contributed by atoms with Crippen LogP contribution < -0.4 is 5.32 Å². The van der Waals surface area contributed by atoms with Crippen molar-refractivity contribution in [2.24, 2.45) is 0 Å². The van der Waals surface area contributed by atoms with Crippen molar-refractivity contribution >= 4 is 15.5 Å². The Balaban J connectivity index is 3.14. The summed E-state index contributed by atoms with van der Waals surface area (Å²) in [6.45, 7) is 3.85. The van der Waals surface area contributed by atoms with E-state index in [2.05, 4.69) is 5.32 Å². The molecule has 0 bridgehead atoms. The lowest BCUT2D eigenvalue weighted by Gasteiger charge is -2.25. The van der Waals surface area contributed by atoms with Gasteiger partial charge < -0.3 is 5.32 Å². The van der Waals surface area contributed by atoms with Crippen LogP contribution in [0.25, 0.3) is 0 Å². The summed E-state index contributed by atoms with van der Waals surface area (Å²) in [5.74, 6) is 0. The average Bonchev–Trinajstić information content (AvgIpc) is 2.46. The summed E-state index contributed by atoms with van der Waals surface area (Å²) in [6, 6.07) is 4.96. The lowest BCUT2D eigenvalue weighted by atomic mass is 10.1. The highest BCUT2D eigenvalue weighted by Gasteiger charge is 2.32. The number of hydrogen-bond donors (Lipinski definition) is 1. The fourth-order valence-electron chi connectivity index (χ4n) is 2.48. The number of nitro groups is 1. The summed E-state index contributed by atoms with van der Waals surface area (Å²) in [5, 5.41) is 13.2. The van der Waals surface area contributed by atoms with Crippen LogP contribution in [0.4, 0.5) is 5.69 Å². The van der Waals surface area contributed by atoms with Crippen LogP contribution in [0.5, 0.6) is 0 Å². The van der Waals surface area contributed by atoms with E-state index >= 15 is 0 Å². The first kappa shape index (κ1) is 17.6. The molecule has 21 heavy (non-hydrogen) atoms. The summed E-state index contributed by atoms with van der Waals surface area (Å²) in [7, 11) is -1.75. The first-order valence-electron chi connectivity index (χ1n) is 7.04. The van der Waals surface area contributed by atoms with Crippen LogP contribution in [-0.2, 0) is 9.84 Å². The lowest BCUT2D eigenvalue weighted by Crippen LogP contribution is -2.42. The molecule has 2 atom stereocenters. The molecule has 2 unspecified atom stereocenters. The van der Waals surface area contributed by atoms with E-state index in [1.54, 1.807) is 7.05 Å². The maximum atomic E-state index is 12.7. The van der Waals surface area contributed by atoms with Crippen LogP contribution in [0.2, 0.25) is 0 Å². The van der Waals surface area contributed by atoms with Crippen molar-refractivity contribution in [3.05, 3.63) is 34.4 Å². The van der Waals surface area contributed by atoms with Crippen LogP contribution in [0.1, 0.15) is 33.1 Å². The van der Waals surface area contributed by atoms with Crippen LogP contribution in [-0.4, -0.2) is 31.7 Å². The maximum Gasteiger partial charge on any atom is 0.269 e. The van der Waals surface area contributed by atoms with Crippen LogP contribution in [0.15, 0.2) is 29.2 Å². The van der Waals surface area contributed by atoms with Crippen molar-refractivity contribution in [1.29, 1.82) is 0 Å². The zero-order chi connectivity index (χ0) is 16.0. The number of benzene rings is 1. The number of nitrogens with one attached hydrogen (secondary N) is 1. The molecule has 1 aromatic rings. The van der Waals surface area contributed by atoms with E-state index in [1.165, 1.54) is 24.3 Å². The second-order valence-electron chi connectivity index (χ2n) is 4.93. The van der Waals surface area contributed by atoms with Crippen molar-refractivity contribution in [1.82, 2.24) is 5.32 Å². The Bertz CT molecular complexity index is 569. The molecule has 1 rings (SSSR count).